The number of nitrogens with zero attached hydrogens (tertiary/aromatic N) is 1. The molecule has 0 saturated carbocycles. The largest absolute Gasteiger partial charge is 0.489 e. The Kier molecular flexibility index (Phi) is 6.66. The SMILES string of the molecule is C=C(C)COc1cccc(C(=O)N(C)CCC[C@@H]2CCCO2)c1. The highest BCUT2D eigenvalue weighted by Crippen LogP contribution is 2.18. The molecule has 1 amide bonds. The number of benzene rings is 1. The molecule has 4 nitrogen and oxygen atoms in total. The first-order valence-electron chi connectivity index (χ1n) is 8.30. The Morgan fingerprint density at radius 2 is 2.30 bits per heavy atom. The van der Waals surface area contributed by atoms with Gasteiger partial charge in [0.1, 0.15) is 12.4 Å². The topological polar surface area (TPSA) is 38.8 Å². The van der Waals surface area contributed by atoms with E-state index in [1.54, 1.807) is 11.0 Å². The van der Waals surface area contributed by atoms with Crippen LogP contribution in [0.1, 0.15) is 43.0 Å². The summed E-state index contributed by atoms with van der Waals surface area (Å²) in [6.45, 7) is 7.82. The fourth-order valence-electron chi connectivity index (χ4n) is 2.68. The molecule has 126 valence electrons. The molecule has 1 aromatic carbocycles. The van der Waals surface area contributed by atoms with E-state index in [1.165, 1.54) is 0 Å². The highest BCUT2D eigenvalue weighted by molar-refractivity contribution is 5.94. The number of carbonyl (C=O) groups excluding carboxylic acids is 1. The second-order valence-electron chi connectivity index (χ2n) is 6.28. The minimum atomic E-state index is 0.0260. The lowest BCUT2D eigenvalue weighted by Crippen LogP contribution is -2.28. The van der Waals surface area contributed by atoms with E-state index in [4.69, 9.17) is 9.47 Å². The Bertz CT molecular complexity index is 535. The zero-order chi connectivity index (χ0) is 16.7. The number of hydrogen-bond donors (Lipinski definition) is 0. The molecule has 0 unspecified atom stereocenters. The minimum Gasteiger partial charge on any atom is -0.489 e. The van der Waals surface area contributed by atoms with Crippen LogP contribution in [0.4, 0.5) is 0 Å². The van der Waals surface area contributed by atoms with Crippen LogP contribution in [0.15, 0.2) is 36.4 Å². The lowest BCUT2D eigenvalue weighted by atomic mass is 10.1. The molecule has 4 heteroatoms. The van der Waals surface area contributed by atoms with Gasteiger partial charge in [0.15, 0.2) is 0 Å². The van der Waals surface area contributed by atoms with Gasteiger partial charge in [-0.2, -0.15) is 0 Å². The number of hydrogen-bond acceptors (Lipinski definition) is 3. The fourth-order valence-corrected chi connectivity index (χ4v) is 2.68. The molecule has 0 spiro atoms. The van der Waals surface area contributed by atoms with Gasteiger partial charge in [-0.05, 0) is 56.4 Å². The van der Waals surface area contributed by atoms with Crippen molar-refractivity contribution >= 4 is 5.91 Å². The second kappa shape index (κ2) is 8.73. The van der Waals surface area contributed by atoms with Crippen LogP contribution in [-0.2, 0) is 4.74 Å². The Morgan fingerprint density at radius 3 is 3.00 bits per heavy atom. The van der Waals surface area contributed by atoms with Crippen molar-refractivity contribution in [3.05, 3.63) is 42.0 Å². The summed E-state index contributed by atoms with van der Waals surface area (Å²) in [7, 11) is 1.85. The third kappa shape index (κ3) is 5.71. The van der Waals surface area contributed by atoms with Crippen LogP contribution in [0.2, 0.25) is 0 Å². The summed E-state index contributed by atoms with van der Waals surface area (Å²) >= 11 is 0. The van der Waals surface area contributed by atoms with Crippen LogP contribution in [0.25, 0.3) is 0 Å². The van der Waals surface area contributed by atoms with Gasteiger partial charge >= 0.3 is 0 Å². The maximum absolute atomic E-state index is 12.5. The van der Waals surface area contributed by atoms with Gasteiger partial charge in [0, 0.05) is 25.8 Å². The Labute approximate surface area is 139 Å². The van der Waals surface area contributed by atoms with E-state index in [0.717, 1.165) is 44.4 Å². The number of carbonyl (C=O) groups is 1. The minimum absolute atomic E-state index is 0.0260. The Balaban J connectivity index is 1.83. The van der Waals surface area contributed by atoms with Gasteiger partial charge in [-0.3, -0.25) is 4.79 Å². The smallest absolute Gasteiger partial charge is 0.253 e. The lowest BCUT2D eigenvalue weighted by Gasteiger charge is -2.18. The van der Waals surface area contributed by atoms with Crippen molar-refractivity contribution in [1.29, 1.82) is 0 Å². The molecule has 0 bridgehead atoms. The van der Waals surface area contributed by atoms with Crippen molar-refractivity contribution < 1.29 is 14.3 Å². The van der Waals surface area contributed by atoms with E-state index in [2.05, 4.69) is 6.58 Å². The molecule has 0 radical (unpaired) electrons. The van der Waals surface area contributed by atoms with Gasteiger partial charge in [-0.1, -0.05) is 12.6 Å². The molecule has 1 aromatic rings. The van der Waals surface area contributed by atoms with E-state index >= 15 is 0 Å². The van der Waals surface area contributed by atoms with Crippen molar-refractivity contribution in [3.8, 4) is 5.75 Å². The highest BCUT2D eigenvalue weighted by atomic mass is 16.5. The van der Waals surface area contributed by atoms with Gasteiger partial charge in [0.25, 0.3) is 5.91 Å². The number of rotatable bonds is 8. The van der Waals surface area contributed by atoms with Crippen LogP contribution in [0.5, 0.6) is 5.75 Å². The van der Waals surface area contributed by atoms with E-state index in [1.807, 2.05) is 32.2 Å². The average Bonchev–Trinajstić information content (AvgIpc) is 3.05. The Morgan fingerprint density at radius 1 is 1.48 bits per heavy atom. The van der Waals surface area contributed by atoms with Crippen molar-refractivity contribution in [3.63, 3.8) is 0 Å². The molecule has 0 aromatic heterocycles. The lowest BCUT2D eigenvalue weighted by molar-refractivity contribution is 0.0763. The van der Waals surface area contributed by atoms with Crippen molar-refractivity contribution in [1.82, 2.24) is 4.90 Å². The molecule has 1 fully saturated rings. The molecule has 0 aliphatic carbocycles. The summed E-state index contributed by atoms with van der Waals surface area (Å²) in [6, 6.07) is 7.33. The molecular weight excluding hydrogens is 290 g/mol. The third-order valence-corrected chi connectivity index (χ3v) is 3.96. The maximum Gasteiger partial charge on any atom is 0.253 e. The summed E-state index contributed by atoms with van der Waals surface area (Å²) in [5.74, 6) is 0.727. The van der Waals surface area contributed by atoms with Crippen LogP contribution >= 0.6 is 0 Å². The van der Waals surface area contributed by atoms with Gasteiger partial charge in [-0.15, -0.1) is 0 Å². The predicted molar refractivity (Wildman–Crippen MR) is 91.9 cm³/mol. The Hall–Kier alpha value is -1.81. The number of ether oxygens (including phenoxy) is 2. The van der Waals surface area contributed by atoms with E-state index in [9.17, 15) is 4.79 Å². The zero-order valence-corrected chi connectivity index (χ0v) is 14.2. The van der Waals surface area contributed by atoms with Crippen molar-refractivity contribution in [2.24, 2.45) is 0 Å². The molecule has 1 heterocycles. The molecule has 0 N–H and O–H groups in total. The van der Waals surface area contributed by atoms with Crippen LogP contribution in [-0.4, -0.2) is 43.7 Å². The quantitative estimate of drug-likeness (QED) is 0.687. The zero-order valence-electron chi connectivity index (χ0n) is 14.2. The summed E-state index contributed by atoms with van der Waals surface area (Å²) in [4.78, 5) is 14.3. The van der Waals surface area contributed by atoms with Gasteiger partial charge in [0.2, 0.25) is 0 Å². The standard InChI is InChI=1S/C19H27NO3/c1-15(2)14-23-18-8-4-7-16(13-18)19(21)20(3)11-5-9-17-10-6-12-22-17/h4,7-8,13,17H,1,5-6,9-12,14H2,2-3H3/t17-/m1/s1. The van der Waals surface area contributed by atoms with E-state index in [-0.39, 0.29) is 5.91 Å². The third-order valence-electron chi connectivity index (χ3n) is 3.96. The van der Waals surface area contributed by atoms with E-state index in [0.29, 0.717) is 24.0 Å². The van der Waals surface area contributed by atoms with Crippen LogP contribution in [0, 0.1) is 0 Å². The molecule has 1 atom stereocenters. The normalized spacial score (nSPS) is 17.0. The highest BCUT2D eigenvalue weighted by Gasteiger charge is 2.17. The first-order valence-corrected chi connectivity index (χ1v) is 8.30. The summed E-state index contributed by atoms with van der Waals surface area (Å²) in [5.41, 5.74) is 1.61. The monoisotopic (exact) mass is 317 g/mol. The molecule has 1 saturated heterocycles. The van der Waals surface area contributed by atoms with Crippen LogP contribution in [0.3, 0.4) is 0 Å². The summed E-state index contributed by atoms with van der Waals surface area (Å²) in [5, 5.41) is 0. The van der Waals surface area contributed by atoms with Crippen molar-refractivity contribution in [2.45, 2.75) is 38.7 Å². The van der Waals surface area contributed by atoms with E-state index < -0.39 is 0 Å². The first-order chi connectivity index (χ1) is 11.1. The molecule has 1 aliphatic rings. The maximum atomic E-state index is 12.5. The molecule has 1 aliphatic heterocycles. The summed E-state index contributed by atoms with van der Waals surface area (Å²) in [6.07, 6.45) is 4.70. The fraction of sp³-hybridized carbons (Fsp3) is 0.526. The van der Waals surface area contributed by atoms with Gasteiger partial charge < -0.3 is 14.4 Å². The average molecular weight is 317 g/mol. The summed E-state index contributed by atoms with van der Waals surface area (Å²) < 4.78 is 11.2. The first kappa shape index (κ1) is 17.5. The molecular formula is C19H27NO3. The predicted octanol–water partition coefficient (Wildman–Crippen LogP) is 3.67. The molecule has 2 rings (SSSR count). The van der Waals surface area contributed by atoms with Crippen molar-refractivity contribution in [2.75, 3.05) is 26.8 Å². The van der Waals surface area contributed by atoms with Gasteiger partial charge in [-0.25, -0.2) is 0 Å². The second-order valence-corrected chi connectivity index (χ2v) is 6.28. The molecule has 23 heavy (non-hydrogen) atoms. The van der Waals surface area contributed by atoms with Gasteiger partial charge in [0.05, 0.1) is 6.10 Å². The van der Waals surface area contributed by atoms with Crippen LogP contribution < -0.4 is 4.74 Å². The number of amides is 1.